The van der Waals surface area contributed by atoms with Crippen LogP contribution in [0.1, 0.15) is 0 Å². The average Bonchev–Trinajstić information content (AvgIpc) is 3.81. The van der Waals surface area contributed by atoms with Crippen LogP contribution < -0.4 is 4.90 Å². The molecule has 0 saturated carbocycles. The van der Waals surface area contributed by atoms with Crippen molar-refractivity contribution in [3.8, 4) is 27.9 Å². The van der Waals surface area contributed by atoms with Crippen molar-refractivity contribution in [1.29, 1.82) is 0 Å². The number of anilines is 3. The van der Waals surface area contributed by atoms with Gasteiger partial charge in [-0.25, -0.2) is 0 Å². The van der Waals surface area contributed by atoms with Crippen LogP contribution in [0.2, 0.25) is 0 Å². The van der Waals surface area contributed by atoms with Gasteiger partial charge < -0.3 is 9.47 Å². The number of thiophene rings is 1. The summed E-state index contributed by atoms with van der Waals surface area (Å²) in [5.74, 6) is 0. The van der Waals surface area contributed by atoms with Gasteiger partial charge in [-0.3, -0.25) is 0 Å². The lowest BCUT2D eigenvalue weighted by molar-refractivity contribution is 1.19. The predicted octanol–water partition coefficient (Wildman–Crippen LogP) is 15.1. The summed E-state index contributed by atoms with van der Waals surface area (Å²) in [7, 11) is 0. The molecule has 0 radical (unpaired) electrons. The molecular weight excluding hydrogens is 685 g/mol. The minimum absolute atomic E-state index is 1.11. The summed E-state index contributed by atoms with van der Waals surface area (Å²) < 4.78 is 5.03. The Bertz CT molecular complexity index is 3150. The second-order valence-electron chi connectivity index (χ2n) is 14.1. The van der Waals surface area contributed by atoms with Crippen LogP contribution in [0, 0.1) is 0 Å². The van der Waals surface area contributed by atoms with Gasteiger partial charge in [0.15, 0.2) is 0 Å². The number of rotatable bonds is 6. The topological polar surface area (TPSA) is 8.17 Å². The number of para-hydroxylation sites is 2. The van der Waals surface area contributed by atoms with E-state index >= 15 is 0 Å². The molecule has 55 heavy (non-hydrogen) atoms. The first-order valence-corrected chi connectivity index (χ1v) is 19.6. The summed E-state index contributed by atoms with van der Waals surface area (Å²) in [6.07, 6.45) is 0. The molecule has 0 N–H and O–H groups in total. The summed E-state index contributed by atoms with van der Waals surface area (Å²) in [4.78, 5) is 2.45. The first kappa shape index (κ1) is 31.6. The Morgan fingerprint density at radius 3 is 1.76 bits per heavy atom. The van der Waals surface area contributed by atoms with E-state index in [1.807, 2.05) is 11.3 Å². The number of benzene rings is 9. The predicted molar refractivity (Wildman–Crippen MR) is 237 cm³/mol. The highest BCUT2D eigenvalue weighted by Gasteiger charge is 2.21. The Hall–Kier alpha value is -6.94. The zero-order valence-corrected chi connectivity index (χ0v) is 30.7. The van der Waals surface area contributed by atoms with Crippen LogP contribution in [0.3, 0.4) is 0 Å². The highest BCUT2D eigenvalue weighted by Crippen LogP contribution is 2.47. The van der Waals surface area contributed by atoms with Crippen molar-refractivity contribution in [2.45, 2.75) is 0 Å². The van der Waals surface area contributed by atoms with Gasteiger partial charge in [-0.05, 0) is 82.1 Å². The van der Waals surface area contributed by atoms with Gasteiger partial charge in [-0.2, -0.15) is 0 Å². The SMILES string of the molecule is c1ccc(-c2ccc(N(c3cccc(-c4c(-n5c6ccccc6c6ccccc65)ccc5ccccc45)c3)c3cccc4c3sc3ccccc34)cc2)cc1. The molecule has 0 fully saturated rings. The molecule has 2 aromatic heterocycles. The molecule has 11 rings (SSSR count). The molecule has 0 saturated heterocycles. The van der Waals surface area contributed by atoms with Crippen LogP contribution in [-0.4, -0.2) is 4.57 Å². The quantitative estimate of drug-likeness (QED) is 0.166. The molecule has 11 aromatic rings. The standard InChI is InChI=1S/C52H34N2S/c1-2-14-35(15-3-1)36-28-31-39(32-29-36)53(49-26-13-23-45-44-22-8-11-27-50(44)55-52(45)49)40-18-12-17-38(34-40)51-41-19-5-4-16-37(41)30-33-48(51)54-46-24-9-6-20-42(46)43-21-7-10-25-47(43)54/h1-34H. The van der Waals surface area contributed by atoms with E-state index in [-0.39, 0.29) is 0 Å². The fraction of sp³-hybridized carbons (Fsp3) is 0. The molecule has 0 aliphatic rings. The van der Waals surface area contributed by atoms with Gasteiger partial charge in [-0.1, -0.05) is 152 Å². The Morgan fingerprint density at radius 1 is 0.382 bits per heavy atom. The van der Waals surface area contributed by atoms with E-state index in [2.05, 4.69) is 216 Å². The number of aromatic nitrogens is 1. The van der Waals surface area contributed by atoms with E-state index in [1.165, 1.54) is 86.4 Å². The fourth-order valence-electron chi connectivity index (χ4n) is 8.50. The zero-order valence-electron chi connectivity index (χ0n) is 29.9. The van der Waals surface area contributed by atoms with Gasteiger partial charge in [0.25, 0.3) is 0 Å². The van der Waals surface area contributed by atoms with E-state index in [0.717, 1.165) is 11.4 Å². The first-order valence-electron chi connectivity index (χ1n) is 18.8. The van der Waals surface area contributed by atoms with Crippen LogP contribution in [0.25, 0.3) is 80.7 Å². The normalized spacial score (nSPS) is 11.6. The molecule has 9 aromatic carbocycles. The Morgan fingerprint density at radius 2 is 0.982 bits per heavy atom. The molecule has 2 heterocycles. The minimum atomic E-state index is 1.11. The maximum absolute atomic E-state index is 2.46. The molecule has 258 valence electrons. The van der Waals surface area contributed by atoms with Crippen LogP contribution >= 0.6 is 11.3 Å². The average molecular weight is 719 g/mol. The lowest BCUT2D eigenvalue weighted by atomic mass is 9.95. The van der Waals surface area contributed by atoms with E-state index in [4.69, 9.17) is 0 Å². The van der Waals surface area contributed by atoms with Crippen molar-refractivity contribution >= 4 is 81.1 Å². The van der Waals surface area contributed by atoms with E-state index < -0.39 is 0 Å². The first-order chi connectivity index (χ1) is 27.3. The number of hydrogen-bond donors (Lipinski definition) is 0. The largest absolute Gasteiger partial charge is 0.309 e. The molecule has 3 heteroatoms. The number of hydrogen-bond acceptors (Lipinski definition) is 2. The monoisotopic (exact) mass is 718 g/mol. The maximum Gasteiger partial charge on any atom is 0.0640 e. The van der Waals surface area contributed by atoms with Crippen molar-refractivity contribution in [3.05, 3.63) is 206 Å². The number of nitrogens with zero attached hydrogens (tertiary/aromatic N) is 2. The lowest BCUT2D eigenvalue weighted by Crippen LogP contribution is -2.10. The molecule has 0 aliphatic carbocycles. The molecular formula is C52H34N2S. The van der Waals surface area contributed by atoms with Gasteiger partial charge in [-0.15, -0.1) is 11.3 Å². The summed E-state index contributed by atoms with van der Waals surface area (Å²) in [6, 6.07) is 75.2. The van der Waals surface area contributed by atoms with Crippen molar-refractivity contribution in [3.63, 3.8) is 0 Å². The van der Waals surface area contributed by atoms with E-state index in [9.17, 15) is 0 Å². The molecule has 0 aliphatic heterocycles. The highest BCUT2D eigenvalue weighted by molar-refractivity contribution is 7.26. The molecule has 0 bridgehead atoms. The van der Waals surface area contributed by atoms with Crippen molar-refractivity contribution in [2.24, 2.45) is 0 Å². The third-order valence-electron chi connectivity index (χ3n) is 11.0. The van der Waals surface area contributed by atoms with Crippen molar-refractivity contribution in [1.82, 2.24) is 4.57 Å². The maximum atomic E-state index is 2.46. The highest BCUT2D eigenvalue weighted by atomic mass is 32.1. The molecule has 0 unspecified atom stereocenters. The smallest absolute Gasteiger partial charge is 0.0640 e. The lowest BCUT2D eigenvalue weighted by Gasteiger charge is -2.27. The summed E-state index contributed by atoms with van der Waals surface area (Å²) in [5, 5.41) is 7.53. The van der Waals surface area contributed by atoms with Gasteiger partial charge >= 0.3 is 0 Å². The number of fused-ring (bicyclic) bond motifs is 7. The zero-order chi connectivity index (χ0) is 36.3. The Balaban J connectivity index is 1.16. The Kier molecular flexibility index (Phi) is 7.39. The Labute approximate surface area is 323 Å². The van der Waals surface area contributed by atoms with Crippen molar-refractivity contribution < 1.29 is 0 Å². The summed E-state index contributed by atoms with van der Waals surface area (Å²) >= 11 is 1.87. The molecule has 0 atom stereocenters. The fourth-order valence-corrected chi connectivity index (χ4v) is 9.71. The molecule has 0 amide bonds. The van der Waals surface area contributed by atoms with Gasteiger partial charge in [0.05, 0.1) is 27.1 Å². The second kappa shape index (κ2) is 12.9. The van der Waals surface area contributed by atoms with Gasteiger partial charge in [0, 0.05) is 43.2 Å². The van der Waals surface area contributed by atoms with Crippen molar-refractivity contribution in [2.75, 3.05) is 4.90 Å². The van der Waals surface area contributed by atoms with Crippen LogP contribution in [-0.2, 0) is 0 Å². The second-order valence-corrected chi connectivity index (χ2v) is 15.2. The van der Waals surface area contributed by atoms with Crippen LogP contribution in [0.15, 0.2) is 206 Å². The van der Waals surface area contributed by atoms with E-state index in [0.29, 0.717) is 0 Å². The van der Waals surface area contributed by atoms with Crippen LogP contribution in [0.4, 0.5) is 17.1 Å². The summed E-state index contributed by atoms with van der Waals surface area (Å²) in [5.41, 5.74) is 11.8. The molecule has 0 spiro atoms. The molecule has 2 nitrogen and oxygen atoms in total. The van der Waals surface area contributed by atoms with Crippen LogP contribution in [0.5, 0.6) is 0 Å². The van der Waals surface area contributed by atoms with E-state index in [1.54, 1.807) is 0 Å². The van der Waals surface area contributed by atoms with Gasteiger partial charge in [0.2, 0.25) is 0 Å². The minimum Gasteiger partial charge on any atom is -0.309 e. The summed E-state index contributed by atoms with van der Waals surface area (Å²) in [6.45, 7) is 0. The third kappa shape index (κ3) is 5.16. The van der Waals surface area contributed by atoms with Gasteiger partial charge in [0.1, 0.15) is 0 Å². The third-order valence-corrected chi connectivity index (χ3v) is 12.2.